The van der Waals surface area contributed by atoms with E-state index in [1.165, 1.54) is 24.4 Å². The van der Waals surface area contributed by atoms with Crippen molar-refractivity contribution in [2.45, 2.75) is 45.1 Å². The predicted molar refractivity (Wildman–Crippen MR) is 106 cm³/mol. The van der Waals surface area contributed by atoms with Crippen LogP contribution < -0.4 is 0 Å². The second kappa shape index (κ2) is 6.55. The van der Waals surface area contributed by atoms with E-state index in [0.29, 0.717) is 11.8 Å². The number of piperidine rings is 1. The highest BCUT2D eigenvalue weighted by Gasteiger charge is 2.30. The number of H-pyrrole nitrogens is 1. The SMILES string of the molecule is Cc1cnc(C2CC2)n1CC1CCN(C(=O)c2ccc3cc[nH]c3c2)CC1. The molecule has 0 spiro atoms. The number of hydrogen-bond donors (Lipinski definition) is 1. The molecule has 3 aromatic rings. The monoisotopic (exact) mass is 362 g/mol. The molecule has 2 fully saturated rings. The maximum atomic E-state index is 12.9. The largest absolute Gasteiger partial charge is 0.361 e. The molecule has 0 radical (unpaired) electrons. The van der Waals surface area contributed by atoms with Gasteiger partial charge in [0.05, 0.1) is 0 Å². The van der Waals surface area contributed by atoms with Crippen molar-refractivity contribution in [1.82, 2.24) is 19.4 Å². The van der Waals surface area contributed by atoms with Gasteiger partial charge in [0.15, 0.2) is 0 Å². The first-order valence-corrected chi connectivity index (χ1v) is 10.1. The van der Waals surface area contributed by atoms with Crippen LogP contribution in [0.3, 0.4) is 0 Å². The number of carbonyl (C=O) groups is 1. The first-order valence-electron chi connectivity index (χ1n) is 10.1. The van der Waals surface area contributed by atoms with E-state index in [9.17, 15) is 4.79 Å². The van der Waals surface area contributed by atoms with E-state index in [2.05, 4.69) is 21.5 Å². The molecule has 5 rings (SSSR count). The van der Waals surface area contributed by atoms with Crippen LogP contribution in [0.1, 0.15) is 53.5 Å². The lowest BCUT2D eigenvalue weighted by Crippen LogP contribution is -2.39. The fraction of sp³-hybridized carbons (Fsp3) is 0.455. The summed E-state index contributed by atoms with van der Waals surface area (Å²) in [5, 5.41) is 1.15. The molecule has 1 aliphatic carbocycles. The lowest BCUT2D eigenvalue weighted by molar-refractivity contribution is 0.0682. The summed E-state index contributed by atoms with van der Waals surface area (Å²) in [7, 11) is 0. The third-order valence-corrected chi connectivity index (χ3v) is 6.17. The number of amides is 1. The quantitative estimate of drug-likeness (QED) is 0.760. The van der Waals surface area contributed by atoms with Crippen LogP contribution in [0.5, 0.6) is 0 Å². The fourth-order valence-corrected chi connectivity index (χ4v) is 4.32. The molecule has 3 heterocycles. The second-order valence-corrected chi connectivity index (χ2v) is 8.16. The molecular weight excluding hydrogens is 336 g/mol. The minimum Gasteiger partial charge on any atom is -0.361 e. The minimum absolute atomic E-state index is 0.155. The lowest BCUT2D eigenvalue weighted by Gasteiger charge is -2.32. The van der Waals surface area contributed by atoms with E-state index >= 15 is 0 Å². The molecule has 0 unspecified atom stereocenters. The highest BCUT2D eigenvalue weighted by molar-refractivity contribution is 5.97. The number of aryl methyl sites for hydroxylation is 1. The van der Waals surface area contributed by atoms with E-state index in [1.54, 1.807) is 0 Å². The molecule has 0 atom stereocenters. The predicted octanol–water partition coefficient (Wildman–Crippen LogP) is 4.10. The number of aromatic amines is 1. The van der Waals surface area contributed by atoms with Gasteiger partial charge in [0.2, 0.25) is 0 Å². The normalized spacial score (nSPS) is 18.3. The summed E-state index contributed by atoms with van der Waals surface area (Å²) >= 11 is 0. The summed E-state index contributed by atoms with van der Waals surface area (Å²) in [6.07, 6.45) is 8.64. The third-order valence-electron chi connectivity index (χ3n) is 6.17. The first kappa shape index (κ1) is 16.6. The summed E-state index contributed by atoms with van der Waals surface area (Å²) in [6.45, 7) is 4.90. The fourth-order valence-electron chi connectivity index (χ4n) is 4.32. The van der Waals surface area contributed by atoms with Crippen molar-refractivity contribution < 1.29 is 4.79 Å². The van der Waals surface area contributed by atoms with Crippen molar-refractivity contribution in [1.29, 1.82) is 0 Å². The zero-order valence-electron chi connectivity index (χ0n) is 15.8. The summed E-state index contributed by atoms with van der Waals surface area (Å²) in [5.74, 6) is 2.75. The van der Waals surface area contributed by atoms with Gasteiger partial charge in [-0.2, -0.15) is 0 Å². The third kappa shape index (κ3) is 3.15. The molecule has 5 nitrogen and oxygen atoms in total. The molecule has 2 aliphatic rings. The van der Waals surface area contributed by atoms with Crippen LogP contribution in [-0.2, 0) is 6.54 Å². The van der Waals surface area contributed by atoms with Gasteiger partial charge in [0, 0.05) is 54.7 Å². The van der Waals surface area contributed by atoms with Crippen LogP contribution in [0.4, 0.5) is 0 Å². The number of likely N-dealkylation sites (tertiary alicyclic amines) is 1. The van der Waals surface area contributed by atoms with E-state index < -0.39 is 0 Å². The number of imidazole rings is 1. The Hall–Kier alpha value is -2.56. The van der Waals surface area contributed by atoms with Crippen molar-refractivity contribution in [3.05, 3.63) is 53.7 Å². The van der Waals surface area contributed by atoms with Crippen LogP contribution in [0, 0.1) is 12.8 Å². The number of carbonyl (C=O) groups excluding carboxylic acids is 1. The number of benzene rings is 1. The maximum absolute atomic E-state index is 12.9. The van der Waals surface area contributed by atoms with E-state index in [1.807, 2.05) is 41.6 Å². The Morgan fingerprint density at radius 1 is 1.19 bits per heavy atom. The highest BCUT2D eigenvalue weighted by atomic mass is 16.2. The summed E-state index contributed by atoms with van der Waals surface area (Å²) in [4.78, 5) is 22.7. The zero-order chi connectivity index (χ0) is 18.4. The standard InChI is InChI=1S/C22H26N4O/c1-15-13-24-21(18-3-4-18)26(15)14-16-7-10-25(11-8-16)22(27)19-5-2-17-6-9-23-20(17)12-19/h2,5-6,9,12-13,16,18,23H,3-4,7-8,10-11,14H2,1H3. The Labute approximate surface area is 159 Å². The molecule has 1 saturated heterocycles. The number of fused-ring (bicyclic) bond motifs is 1. The molecule has 140 valence electrons. The Kier molecular flexibility index (Phi) is 4.03. The average Bonchev–Trinajstić information content (AvgIpc) is 3.32. The number of nitrogens with one attached hydrogen (secondary N) is 1. The Morgan fingerprint density at radius 3 is 2.78 bits per heavy atom. The molecule has 1 N–H and O–H groups in total. The molecule has 2 aromatic heterocycles. The van der Waals surface area contributed by atoms with Gasteiger partial charge in [-0.15, -0.1) is 0 Å². The van der Waals surface area contributed by atoms with Crippen molar-refractivity contribution in [3.63, 3.8) is 0 Å². The molecule has 1 amide bonds. The molecule has 1 saturated carbocycles. The number of rotatable bonds is 4. The Balaban J connectivity index is 1.23. The minimum atomic E-state index is 0.155. The first-order chi connectivity index (χ1) is 13.2. The van der Waals surface area contributed by atoms with Crippen LogP contribution in [-0.4, -0.2) is 38.4 Å². The van der Waals surface area contributed by atoms with E-state index in [-0.39, 0.29) is 5.91 Å². The lowest BCUT2D eigenvalue weighted by atomic mass is 9.96. The van der Waals surface area contributed by atoms with Gasteiger partial charge < -0.3 is 14.5 Å². The molecule has 1 aliphatic heterocycles. The van der Waals surface area contributed by atoms with Crippen LogP contribution >= 0.6 is 0 Å². The zero-order valence-corrected chi connectivity index (χ0v) is 15.8. The average molecular weight is 362 g/mol. The molecule has 1 aromatic carbocycles. The van der Waals surface area contributed by atoms with Gasteiger partial charge in [-0.3, -0.25) is 4.79 Å². The van der Waals surface area contributed by atoms with Gasteiger partial charge in [-0.05, 0) is 62.1 Å². The smallest absolute Gasteiger partial charge is 0.253 e. The van der Waals surface area contributed by atoms with Gasteiger partial charge in [0.25, 0.3) is 5.91 Å². The van der Waals surface area contributed by atoms with Gasteiger partial charge in [-0.25, -0.2) is 4.98 Å². The van der Waals surface area contributed by atoms with Crippen LogP contribution in [0.2, 0.25) is 0 Å². The maximum Gasteiger partial charge on any atom is 0.253 e. The van der Waals surface area contributed by atoms with Crippen LogP contribution in [0.15, 0.2) is 36.7 Å². The van der Waals surface area contributed by atoms with E-state index in [0.717, 1.165) is 48.9 Å². The highest BCUT2D eigenvalue weighted by Crippen LogP contribution is 2.40. The Bertz CT molecular complexity index is 973. The second-order valence-electron chi connectivity index (χ2n) is 8.16. The van der Waals surface area contributed by atoms with Gasteiger partial charge in [0.1, 0.15) is 5.82 Å². The van der Waals surface area contributed by atoms with Gasteiger partial charge >= 0.3 is 0 Å². The van der Waals surface area contributed by atoms with Gasteiger partial charge in [-0.1, -0.05) is 6.07 Å². The summed E-state index contributed by atoms with van der Waals surface area (Å²) in [5.41, 5.74) is 3.08. The van der Waals surface area contributed by atoms with Crippen molar-refractivity contribution in [2.75, 3.05) is 13.1 Å². The van der Waals surface area contributed by atoms with Crippen molar-refractivity contribution >= 4 is 16.8 Å². The molecule has 27 heavy (non-hydrogen) atoms. The van der Waals surface area contributed by atoms with Crippen LogP contribution in [0.25, 0.3) is 10.9 Å². The summed E-state index contributed by atoms with van der Waals surface area (Å²) < 4.78 is 2.43. The van der Waals surface area contributed by atoms with Crippen molar-refractivity contribution in [2.24, 2.45) is 5.92 Å². The molecule has 5 heteroatoms. The number of aromatic nitrogens is 3. The topological polar surface area (TPSA) is 53.9 Å². The van der Waals surface area contributed by atoms with Crippen molar-refractivity contribution in [3.8, 4) is 0 Å². The molecule has 0 bridgehead atoms. The summed E-state index contributed by atoms with van der Waals surface area (Å²) in [6, 6.07) is 7.97. The molecular formula is C22H26N4O. The van der Waals surface area contributed by atoms with E-state index in [4.69, 9.17) is 0 Å². The number of hydrogen-bond acceptors (Lipinski definition) is 2. The Morgan fingerprint density at radius 2 is 2.00 bits per heavy atom. The number of nitrogens with zero attached hydrogens (tertiary/aromatic N) is 3.